The van der Waals surface area contributed by atoms with E-state index in [4.69, 9.17) is 23.7 Å². The summed E-state index contributed by atoms with van der Waals surface area (Å²) in [5.41, 5.74) is 0. The first-order valence-corrected chi connectivity index (χ1v) is 6.28. The molecule has 0 aromatic heterocycles. The topological polar surface area (TPSA) is 66.4 Å². The molecule has 0 aliphatic carbocycles. The first-order chi connectivity index (χ1) is 8.27. The zero-order valence-electron chi connectivity index (χ0n) is 11.1. The van der Waals surface area contributed by atoms with Gasteiger partial charge in [-0.15, -0.1) is 0 Å². The van der Waals surface area contributed by atoms with Crippen molar-refractivity contribution in [3.8, 4) is 0 Å². The zero-order chi connectivity index (χ0) is 13.1. The van der Waals surface area contributed by atoms with E-state index in [1.807, 2.05) is 13.8 Å². The fourth-order valence-electron chi connectivity index (χ4n) is 2.70. The van der Waals surface area contributed by atoms with Gasteiger partial charge in [0.2, 0.25) is 0 Å². The summed E-state index contributed by atoms with van der Waals surface area (Å²) in [6, 6.07) is 0. The third-order valence-corrected chi connectivity index (χ3v) is 3.45. The third kappa shape index (κ3) is 2.07. The quantitative estimate of drug-likeness (QED) is 0.735. The largest absolute Gasteiger partial charge is 0.387 e. The number of ether oxygens (including phenoxy) is 5. The Kier molecular flexibility index (Phi) is 2.75. The third-order valence-electron chi connectivity index (χ3n) is 3.45. The zero-order valence-corrected chi connectivity index (χ0v) is 11.1. The number of hydrogen-bond donors (Lipinski definition) is 1. The molecule has 0 radical (unpaired) electrons. The molecule has 0 spiro atoms. The molecule has 3 saturated heterocycles. The van der Waals surface area contributed by atoms with Crippen molar-refractivity contribution < 1.29 is 28.8 Å². The van der Waals surface area contributed by atoms with Crippen molar-refractivity contribution in [1.29, 1.82) is 0 Å². The van der Waals surface area contributed by atoms with Gasteiger partial charge >= 0.3 is 0 Å². The highest BCUT2D eigenvalue weighted by atomic mass is 16.8. The molecule has 3 rings (SSSR count). The van der Waals surface area contributed by atoms with Gasteiger partial charge in [-0.2, -0.15) is 0 Å². The number of fused-ring (bicyclic) bond motifs is 1. The Labute approximate surface area is 106 Å². The minimum absolute atomic E-state index is 0.295. The van der Waals surface area contributed by atoms with E-state index in [9.17, 15) is 5.11 Å². The van der Waals surface area contributed by atoms with Gasteiger partial charge in [0.05, 0.1) is 6.61 Å². The maximum absolute atomic E-state index is 10.3. The van der Waals surface area contributed by atoms with Crippen LogP contribution in [0.5, 0.6) is 0 Å². The Bertz CT molecular complexity index is 341. The summed E-state index contributed by atoms with van der Waals surface area (Å²) in [6.07, 6.45) is -2.53. The van der Waals surface area contributed by atoms with Crippen LogP contribution in [0.25, 0.3) is 0 Å². The van der Waals surface area contributed by atoms with E-state index >= 15 is 0 Å². The fraction of sp³-hybridized carbons (Fsp3) is 1.00. The second-order valence-corrected chi connectivity index (χ2v) is 5.93. The first kappa shape index (κ1) is 12.8. The average Bonchev–Trinajstić information content (AvgIpc) is 2.81. The molecular formula is C12H20O6. The van der Waals surface area contributed by atoms with Crippen LogP contribution in [0.15, 0.2) is 0 Å². The fourth-order valence-corrected chi connectivity index (χ4v) is 2.70. The molecule has 18 heavy (non-hydrogen) atoms. The molecule has 5 atom stereocenters. The Balaban J connectivity index is 1.68. The number of aliphatic hydroxyl groups is 1. The van der Waals surface area contributed by atoms with Gasteiger partial charge in [-0.05, 0) is 27.7 Å². The van der Waals surface area contributed by atoms with Crippen LogP contribution in [0.4, 0.5) is 0 Å². The maximum Gasteiger partial charge on any atom is 0.190 e. The van der Waals surface area contributed by atoms with Crippen LogP contribution in [0.2, 0.25) is 0 Å². The van der Waals surface area contributed by atoms with E-state index in [0.29, 0.717) is 6.61 Å². The molecule has 3 fully saturated rings. The molecule has 3 heterocycles. The molecule has 3 aliphatic heterocycles. The standard InChI is InChI=1S/C12H20O6/c1-11(2)14-5-6(16-11)8-7(13)9-10(15-8)18-12(3,4)17-9/h6-10,13H,5H2,1-4H3/t6-,7+,8-,9-,10+/m1/s1. The van der Waals surface area contributed by atoms with Crippen molar-refractivity contribution in [2.45, 2.75) is 70.0 Å². The van der Waals surface area contributed by atoms with Gasteiger partial charge in [0.15, 0.2) is 17.9 Å². The van der Waals surface area contributed by atoms with E-state index in [1.165, 1.54) is 0 Å². The highest BCUT2D eigenvalue weighted by Crippen LogP contribution is 2.40. The molecule has 0 aromatic rings. The van der Waals surface area contributed by atoms with Gasteiger partial charge in [0.25, 0.3) is 0 Å². The predicted octanol–water partition coefficient (Wildman–Crippen LogP) is 0.375. The molecule has 0 bridgehead atoms. The Morgan fingerprint density at radius 3 is 2.22 bits per heavy atom. The number of aliphatic hydroxyl groups excluding tert-OH is 1. The van der Waals surface area contributed by atoms with Crippen molar-refractivity contribution in [3.05, 3.63) is 0 Å². The summed E-state index contributed by atoms with van der Waals surface area (Å²) in [4.78, 5) is 0. The Morgan fingerprint density at radius 1 is 0.944 bits per heavy atom. The molecule has 6 nitrogen and oxygen atoms in total. The summed E-state index contributed by atoms with van der Waals surface area (Å²) >= 11 is 0. The lowest BCUT2D eigenvalue weighted by molar-refractivity contribution is -0.232. The van der Waals surface area contributed by atoms with Crippen LogP contribution in [0.3, 0.4) is 0 Å². The van der Waals surface area contributed by atoms with Gasteiger partial charge in [0, 0.05) is 0 Å². The summed E-state index contributed by atoms with van der Waals surface area (Å²) in [6.45, 7) is 7.68. The molecule has 0 aromatic carbocycles. The lowest BCUT2D eigenvalue weighted by atomic mass is 10.1. The summed E-state index contributed by atoms with van der Waals surface area (Å²) in [5.74, 6) is -1.35. The summed E-state index contributed by atoms with van der Waals surface area (Å²) in [7, 11) is 0. The van der Waals surface area contributed by atoms with Crippen LogP contribution in [0, 0.1) is 0 Å². The van der Waals surface area contributed by atoms with Gasteiger partial charge in [-0.1, -0.05) is 0 Å². The van der Waals surface area contributed by atoms with Crippen molar-refractivity contribution >= 4 is 0 Å². The van der Waals surface area contributed by atoms with Gasteiger partial charge in [0.1, 0.15) is 24.4 Å². The summed E-state index contributed by atoms with van der Waals surface area (Å²) < 4.78 is 28.1. The SMILES string of the molecule is CC1(C)O[C@@H]2O[C@H]([C@H]3COC(C)(C)O3)[C@H](O)[C@H]2O1. The molecule has 104 valence electrons. The van der Waals surface area contributed by atoms with E-state index < -0.39 is 36.2 Å². The average molecular weight is 260 g/mol. The van der Waals surface area contributed by atoms with Crippen LogP contribution in [-0.2, 0) is 23.7 Å². The highest BCUT2D eigenvalue weighted by molar-refractivity contribution is 4.97. The Hall–Kier alpha value is -0.240. The summed E-state index contributed by atoms with van der Waals surface area (Å²) in [5, 5.41) is 10.3. The second-order valence-electron chi connectivity index (χ2n) is 5.93. The van der Waals surface area contributed by atoms with Crippen LogP contribution >= 0.6 is 0 Å². The lowest BCUT2D eigenvalue weighted by Crippen LogP contribution is -2.42. The second kappa shape index (κ2) is 3.88. The normalized spacial score (nSPS) is 49.5. The van der Waals surface area contributed by atoms with Crippen molar-refractivity contribution in [3.63, 3.8) is 0 Å². The molecule has 0 unspecified atom stereocenters. The van der Waals surface area contributed by atoms with E-state index in [0.717, 1.165) is 0 Å². The van der Waals surface area contributed by atoms with E-state index in [2.05, 4.69) is 0 Å². The molecule has 3 aliphatic rings. The minimum atomic E-state index is -0.765. The molecule has 6 heteroatoms. The van der Waals surface area contributed by atoms with Gasteiger partial charge in [-0.3, -0.25) is 0 Å². The van der Waals surface area contributed by atoms with E-state index in [1.54, 1.807) is 13.8 Å². The molecule has 1 N–H and O–H groups in total. The van der Waals surface area contributed by atoms with Gasteiger partial charge < -0.3 is 28.8 Å². The first-order valence-electron chi connectivity index (χ1n) is 6.28. The van der Waals surface area contributed by atoms with Crippen LogP contribution < -0.4 is 0 Å². The minimum Gasteiger partial charge on any atom is -0.387 e. The van der Waals surface area contributed by atoms with E-state index in [-0.39, 0.29) is 6.10 Å². The van der Waals surface area contributed by atoms with Crippen molar-refractivity contribution in [2.75, 3.05) is 6.61 Å². The number of hydrogen-bond acceptors (Lipinski definition) is 6. The van der Waals surface area contributed by atoms with Crippen molar-refractivity contribution in [1.82, 2.24) is 0 Å². The molecular weight excluding hydrogens is 240 g/mol. The number of rotatable bonds is 1. The monoisotopic (exact) mass is 260 g/mol. The van der Waals surface area contributed by atoms with Gasteiger partial charge in [-0.25, -0.2) is 0 Å². The van der Waals surface area contributed by atoms with Crippen LogP contribution in [0.1, 0.15) is 27.7 Å². The molecule has 0 amide bonds. The Morgan fingerprint density at radius 2 is 1.67 bits per heavy atom. The maximum atomic E-state index is 10.3. The lowest BCUT2D eigenvalue weighted by Gasteiger charge is -2.26. The predicted molar refractivity (Wildman–Crippen MR) is 59.6 cm³/mol. The highest BCUT2D eigenvalue weighted by Gasteiger charge is 2.57. The molecule has 0 saturated carbocycles. The van der Waals surface area contributed by atoms with Crippen molar-refractivity contribution in [2.24, 2.45) is 0 Å². The smallest absolute Gasteiger partial charge is 0.190 e. The van der Waals surface area contributed by atoms with Crippen LogP contribution in [-0.4, -0.2) is 54.0 Å².